The van der Waals surface area contributed by atoms with Gasteiger partial charge in [0, 0.05) is 6.54 Å². The number of hydrogen-bond acceptors (Lipinski definition) is 4. The zero-order valence-electron chi connectivity index (χ0n) is 14.9. The van der Waals surface area contributed by atoms with Crippen LogP contribution in [0.2, 0.25) is 0 Å². The van der Waals surface area contributed by atoms with Crippen molar-refractivity contribution in [1.82, 2.24) is 5.32 Å². The molecule has 0 atom stereocenters. The van der Waals surface area contributed by atoms with Crippen LogP contribution in [0.3, 0.4) is 0 Å². The number of rotatable bonds is 5. The number of benzene rings is 2. The van der Waals surface area contributed by atoms with Crippen molar-refractivity contribution in [1.29, 1.82) is 0 Å². The molecule has 0 bridgehead atoms. The molecule has 0 unspecified atom stereocenters. The van der Waals surface area contributed by atoms with E-state index in [9.17, 15) is 5.11 Å². The molecule has 0 radical (unpaired) electrons. The highest BCUT2D eigenvalue weighted by molar-refractivity contribution is 7.96. The van der Waals surface area contributed by atoms with E-state index in [0.717, 1.165) is 29.7 Å². The number of carbonyl (C=O) groups is 1. The van der Waals surface area contributed by atoms with Gasteiger partial charge in [-0.1, -0.05) is 43.0 Å². The fourth-order valence-corrected chi connectivity index (χ4v) is 2.44. The second-order valence-corrected chi connectivity index (χ2v) is 6.47. The number of hydrogen-bond donors (Lipinski definition) is 4. The maximum absolute atomic E-state index is 9.75. The molecule has 0 fully saturated rings. The molecule has 0 aliphatic carbocycles. The van der Waals surface area contributed by atoms with Gasteiger partial charge in [-0.3, -0.25) is 4.79 Å². The van der Waals surface area contributed by atoms with Gasteiger partial charge in [0.15, 0.2) is 0 Å². The first kappa shape index (κ1) is 21.8. The van der Waals surface area contributed by atoms with Crippen molar-refractivity contribution in [2.24, 2.45) is 5.73 Å². The van der Waals surface area contributed by atoms with Crippen molar-refractivity contribution in [2.45, 2.75) is 26.9 Å². The summed E-state index contributed by atoms with van der Waals surface area (Å²) >= 11 is 8.28. The van der Waals surface area contributed by atoms with E-state index in [-0.39, 0.29) is 0 Å². The van der Waals surface area contributed by atoms with Gasteiger partial charge < -0.3 is 20.9 Å². The summed E-state index contributed by atoms with van der Waals surface area (Å²) in [6.45, 7) is 4.90. The Hall–Kier alpha value is -2.25. The minimum Gasteiger partial charge on any atom is -0.507 e. The Labute approximate surface area is 165 Å². The molecule has 2 aromatic carbocycles. The Morgan fingerprint density at radius 1 is 1.19 bits per heavy atom. The Bertz CT molecular complexity index is 710. The van der Waals surface area contributed by atoms with E-state index < -0.39 is 5.24 Å². The van der Waals surface area contributed by atoms with Crippen LogP contribution >= 0.6 is 24.8 Å². The molecule has 2 rings (SSSR count). The molecule has 2 aromatic rings. The SMILES string of the molecule is Cc1cc(COC(=S)NCCc2ccccc2)cc(C)c1O.NC(=O)S. The van der Waals surface area contributed by atoms with Crippen LogP contribution in [0.4, 0.5) is 4.79 Å². The quantitative estimate of drug-likeness (QED) is 0.461. The van der Waals surface area contributed by atoms with Gasteiger partial charge in [-0.25, -0.2) is 0 Å². The van der Waals surface area contributed by atoms with Gasteiger partial charge >= 0.3 is 0 Å². The molecule has 1 amide bonds. The van der Waals surface area contributed by atoms with Gasteiger partial charge in [0.2, 0.25) is 0 Å². The van der Waals surface area contributed by atoms with Crippen LogP contribution in [0.1, 0.15) is 22.3 Å². The lowest BCUT2D eigenvalue weighted by atomic mass is 10.1. The molecule has 7 heteroatoms. The summed E-state index contributed by atoms with van der Waals surface area (Å²) in [5, 5.41) is 12.6. The van der Waals surface area contributed by atoms with E-state index in [1.807, 2.05) is 44.2 Å². The Kier molecular flexibility index (Phi) is 9.54. The lowest BCUT2D eigenvalue weighted by molar-refractivity contribution is 0.267. The van der Waals surface area contributed by atoms with Gasteiger partial charge in [0.1, 0.15) is 12.4 Å². The number of aryl methyl sites for hydroxylation is 2. The highest BCUT2D eigenvalue weighted by atomic mass is 32.1. The number of nitrogens with one attached hydrogen (secondary N) is 1. The zero-order valence-corrected chi connectivity index (χ0v) is 16.6. The number of nitrogens with two attached hydrogens (primary N) is 1. The summed E-state index contributed by atoms with van der Waals surface area (Å²) in [5.41, 5.74) is 8.30. The molecular formula is C19H24N2O3S2. The van der Waals surface area contributed by atoms with Crippen LogP contribution < -0.4 is 11.1 Å². The van der Waals surface area contributed by atoms with Crippen molar-refractivity contribution in [3.05, 3.63) is 64.7 Å². The third-order valence-corrected chi connectivity index (χ3v) is 3.71. The average Bonchev–Trinajstić information content (AvgIpc) is 2.58. The molecule has 0 heterocycles. The van der Waals surface area contributed by atoms with Crippen molar-refractivity contribution in [3.8, 4) is 5.75 Å². The van der Waals surface area contributed by atoms with E-state index >= 15 is 0 Å². The third-order valence-electron chi connectivity index (χ3n) is 3.45. The molecule has 0 aliphatic rings. The number of ether oxygens (including phenoxy) is 1. The van der Waals surface area contributed by atoms with Gasteiger partial charge in [-0.05, 0) is 66.9 Å². The minimum absolute atomic E-state index is 0.340. The first-order valence-corrected chi connectivity index (χ1v) is 8.87. The average molecular weight is 393 g/mol. The first-order valence-electron chi connectivity index (χ1n) is 8.01. The molecule has 0 saturated heterocycles. The van der Waals surface area contributed by atoms with E-state index in [2.05, 4.69) is 35.8 Å². The number of thiocarbonyl (C=S) groups is 1. The Morgan fingerprint density at radius 3 is 2.27 bits per heavy atom. The summed E-state index contributed by atoms with van der Waals surface area (Å²) in [5.74, 6) is 0.340. The summed E-state index contributed by atoms with van der Waals surface area (Å²) in [4.78, 5) is 9.09. The number of amides is 1. The number of phenolic OH excluding ortho intramolecular Hbond substituents is 1. The highest BCUT2D eigenvalue weighted by Gasteiger charge is 2.05. The number of phenols is 1. The molecule has 140 valence electrons. The molecule has 4 N–H and O–H groups in total. The van der Waals surface area contributed by atoms with Crippen molar-refractivity contribution >= 4 is 35.3 Å². The van der Waals surface area contributed by atoms with Crippen LogP contribution in [-0.2, 0) is 17.8 Å². The third kappa shape index (κ3) is 8.73. The van der Waals surface area contributed by atoms with Gasteiger partial charge in [-0.2, -0.15) is 0 Å². The predicted octanol–water partition coefficient (Wildman–Crippen LogP) is 3.64. The van der Waals surface area contributed by atoms with Gasteiger partial charge in [-0.15, -0.1) is 0 Å². The number of primary amides is 1. The second-order valence-electron chi connectivity index (χ2n) is 5.65. The fraction of sp³-hybridized carbons (Fsp3) is 0.263. The summed E-state index contributed by atoms with van der Waals surface area (Å²) in [6, 6.07) is 14.1. The van der Waals surface area contributed by atoms with Crippen molar-refractivity contribution < 1.29 is 14.6 Å². The number of aromatic hydroxyl groups is 1. The van der Waals surface area contributed by atoms with Crippen LogP contribution in [0.15, 0.2) is 42.5 Å². The van der Waals surface area contributed by atoms with E-state index in [0.29, 0.717) is 17.5 Å². The molecule has 0 aliphatic heterocycles. The lowest BCUT2D eigenvalue weighted by Gasteiger charge is -2.11. The van der Waals surface area contributed by atoms with Crippen LogP contribution in [0.5, 0.6) is 5.75 Å². The zero-order chi connectivity index (χ0) is 19.5. The fourth-order valence-electron chi connectivity index (χ4n) is 2.28. The minimum atomic E-state index is -0.639. The van der Waals surface area contributed by atoms with Gasteiger partial charge in [0.25, 0.3) is 10.4 Å². The molecule has 0 spiro atoms. The largest absolute Gasteiger partial charge is 0.507 e. The predicted molar refractivity (Wildman–Crippen MR) is 112 cm³/mol. The van der Waals surface area contributed by atoms with E-state index in [1.165, 1.54) is 5.56 Å². The Balaban J connectivity index is 0.000000765. The van der Waals surface area contributed by atoms with Crippen molar-refractivity contribution in [2.75, 3.05) is 6.54 Å². The van der Waals surface area contributed by atoms with E-state index in [4.69, 9.17) is 21.7 Å². The second kappa shape index (κ2) is 11.4. The molecular weight excluding hydrogens is 368 g/mol. The monoisotopic (exact) mass is 392 g/mol. The maximum atomic E-state index is 9.75. The summed E-state index contributed by atoms with van der Waals surface area (Å²) < 4.78 is 5.55. The molecule has 0 saturated carbocycles. The molecule has 26 heavy (non-hydrogen) atoms. The maximum Gasteiger partial charge on any atom is 0.273 e. The molecule has 5 nitrogen and oxygen atoms in total. The lowest BCUT2D eigenvalue weighted by Crippen LogP contribution is -2.26. The van der Waals surface area contributed by atoms with Crippen LogP contribution in [0, 0.1) is 13.8 Å². The van der Waals surface area contributed by atoms with Crippen LogP contribution in [-0.4, -0.2) is 22.1 Å². The number of carbonyl (C=O) groups excluding carboxylic acids is 1. The molecule has 0 aromatic heterocycles. The standard InChI is InChI=1S/C18H21NO2S.CH3NOS/c1-13-10-16(11-14(2)17(13)20)12-21-18(22)19-9-8-15-6-4-3-5-7-15;2-1(3)4/h3-7,10-11,20H,8-9,12H2,1-2H3,(H,19,22);(H3,2,3,4). The summed E-state index contributed by atoms with van der Waals surface area (Å²) in [7, 11) is 0. The highest BCUT2D eigenvalue weighted by Crippen LogP contribution is 2.23. The first-order chi connectivity index (χ1) is 12.3. The Morgan fingerprint density at radius 2 is 1.73 bits per heavy atom. The normalized spacial score (nSPS) is 9.65. The number of thiol groups is 1. The van der Waals surface area contributed by atoms with Crippen LogP contribution in [0.25, 0.3) is 0 Å². The summed E-state index contributed by atoms with van der Waals surface area (Å²) in [6.07, 6.45) is 0.905. The van der Waals surface area contributed by atoms with E-state index in [1.54, 1.807) is 0 Å². The van der Waals surface area contributed by atoms with Crippen molar-refractivity contribution in [3.63, 3.8) is 0 Å². The topological polar surface area (TPSA) is 84.6 Å². The smallest absolute Gasteiger partial charge is 0.273 e. The van der Waals surface area contributed by atoms with Gasteiger partial charge in [0.05, 0.1) is 0 Å².